The Morgan fingerprint density at radius 2 is 1.96 bits per heavy atom. The van der Waals surface area contributed by atoms with E-state index in [0.717, 1.165) is 11.1 Å². The standard InChI is InChI=1S/C24H30N2O2/c1-3-16(2)26-12-9-17(10-13-26)22-20-15-19(24-25-11-14-27-24)7-8-21(20)28-23(22)18-5-4-6-18/h7-8,11,14-18H,3-6,9-10,12-13H2,1-2H3. The minimum Gasteiger partial charge on any atom is -0.460 e. The summed E-state index contributed by atoms with van der Waals surface area (Å²) in [4.78, 5) is 6.99. The van der Waals surface area contributed by atoms with Crippen molar-refractivity contribution in [3.63, 3.8) is 0 Å². The molecule has 1 saturated heterocycles. The van der Waals surface area contributed by atoms with Gasteiger partial charge in [-0.05, 0) is 76.2 Å². The van der Waals surface area contributed by atoms with E-state index in [-0.39, 0.29) is 0 Å². The van der Waals surface area contributed by atoms with Crippen LogP contribution in [0.1, 0.15) is 75.5 Å². The maximum atomic E-state index is 6.46. The van der Waals surface area contributed by atoms with Crippen molar-refractivity contribution in [1.29, 1.82) is 0 Å². The summed E-state index contributed by atoms with van der Waals surface area (Å²) in [6, 6.07) is 7.10. The molecule has 4 heteroatoms. The van der Waals surface area contributed by atoms with Crippen LogP contribution in [0, 0.1) is 0 Å². The van der Waals surface area contributed by atoms with Crippen LogP contribution < -0.4 is 0 Å². The zero-order valence-electron chi connectivity index (χ0n) is 17.0. The third kappa shape index (κ3) is 3.08. The van der Waals surface area contributed by atoms with Crippen LogP contribution in [0.15, 0.2) is 39.5 Å². The SMILES string of the molecule is CCC(C)N1CCC(c2c(C3CCC3)oc3ccc(-c4ncco4)cc23)CC1. The molecule has 1 aromatic carbocycles. The Labute approximate surface area is 166 Å². The minimum absolute atomic E-state index is 0.594. The molecule has 1 saturated carbocycles. The van der Waals surface area contributed by atoms with Crippen molar-refractivity contribution in [3.8, 4) is 11.5 Å². The van der Waals surface area contributed by atoms with Crippen molar-refractivity contribution in [2.45, 2.75) is 70.3 Å². The number of aromatic nitrogens is 1. The Balaban J connectivity index is 1.53. The average Bonchev–Trinajstić information content (AvgIpc) is 3.33. The van der Waals surface area contributed by atoms with Gasteiger partial charge in [-0.25, -0.2) is 4.98 Å². The van der Waals surface area contributed by atoms with Gasteiger partial charge in [0.15, 0.2) is 0 Å². The molecule has 1 atom stereocenters. The molecule has 3 aromatic rings. The molecule has 0 spiro atoms. The van der Waals surface area contributed by atoms with Crippen LogP contribution >= 0.6 is 0 Å². The average molecular weight is 379 g/mol. The number of rotatable bonds is 5. The van der Waals surface area contributed by atoms with E-state index in [1.165, 1.54) is 68.3 Å². The van der Waals surface area contributed by atoms with E-state index in [9.17, 15) is 0 Å². The van der Waals surface area contributed by atoms with Crippen LogP contribution in [-0.2, 0) is 0 Å². The number of fused-ring (bicyclic) bond motifs is 1. The number of hydrogen-bond donors (Lipinski definition) is 0. The van der Waals surface area contributed by atoms with Gasteiger partial charge in [0.05, 0.1) is 6.20 Å². The monoisotopic (exact) mass is 378 g/mol. The summed E-state index contributed by atoms with van der Waals surface area (Å²) in [6.07, 6.45) is 10.9. The first-order valence-electron chi connectivity index (χ1n) is 10.9. The van der Waals surface area contributed by atoms with E-state index in [0.29, 0.717) is 23.8 Å². The molecule has 3 heterocycles. The van der Waals surface area contributed by atoms with Gasteiger partial charge < -0.3 is 13.7 Å². The predicted octanol–water partition coefficient (Wildman–Crippen LogP) is 6.33. The molecule has 2 aliphatic rings. The normalized spacial score (nSPS) is 20.5. The summed E-state index contributed by atoms with van der Waals surface area (Å²) < 4.78 is 12.0. The van der Waals surface area contributed by atoms with Gasteiger partial charge in [0.25, 0.3) is 0 Å². The zero-order chi connectivity index (χ0) is 19.1. The number of nitrogens with zero attached hydrogens (tertiary/aromatic N) is 2. The van der Waals surface area contributed by atoms with Crippen molar-refractivity contribution in [2.24, 2.45) is 0 Å². The third-order valence-corrected chi connectivity index (χ3v) is 7.06. The van der Waals surface area contributed by atoms with Crippen molar-refractivity contribution < 1.29 is 8.83 Å². The second-order valence-corrected chi connectivity index (χ2v) is 8.62. The van der Waals surface area contributed by atoms with Crippen LogP contribution in [-0.4, -0.2) is 29.0 Å². The van der Waals surface area contributed by atoms with Crippen LogP contribution in [0.5, 0.6) is 0 Å². The summed E-state index contributed by atoms with van der Waals surface area (Å²) in [5, 5.41) is 1.28. The highest BCUT2D eigenvalue weighted by atomic mass is 16.3. The fourth-order valence-corrected chi connectivity index (χ4v) is 4.92. The molecule has 1 aliphatic carbocycles. The molecular weight excluding hydrogens is 348 g/mol. The first-order chi connectivity index (χ1) is 13.7. The smallest absolute Gasteiger partial charge is 0.225 e. The number of oxazole rings is 1. The lowest BCUT2D eigenvalue weighted by Crippen LogP contribution is -2.39. The van der Waals surface area contributed by atoms with Crippen molar-refractivity contribution in [2.75, 3.05) is 13.1 Å². The molecule has 2 fully saturated rings. The number of furan rings is 1. The molecule has 0 amide bonds. The Kier molecular flexibility index (Phi) is 4.75. The number of likely N-dealkylation sites (tertiary alicyclic amines) is 1. The van der Waals surface area contributed by atoms with Gasteiger partial charge in [0.2, 0.25) is 5.89 Å². The van der Waals surface area contributed by atoms with Gasteiger partial charge in [-0.3, -0.25) is 0 Å². The number of hydrogen-bond acceptors (Lipinski definition) is 4. The number of benzene rings is 1. The Morgan fingerprint density at radius 3 is 2.61 bits per heavy atom. The Morgan fingerprint density at radius 1 is 1.14 bits per heavy atom. The van der Waals surface area contributed by atoms with Gasteiger partial charge in [-0.1, -0.05) is 13.3 Å². The maximum Gasteiger partial charge on any atom is 0.225 e. The Hall–Kier alpha value is -2.07. The van der Waals surface area contributed by atoms with Crippen LogP contribution in [0.4, 0.5) is 0 Å². The Bertz CT molecular complexity index is 931. The summed E-state index contributed by atoms with van der Waals surface area (Å²) in [5.41, 5.74) is 3.55. The first-order valence-corrected chi connectivity index (χ1v) is 10.9. The van der Waals surface area contributed by atoms with Gasteiger partial charge >= 0.3 is 0 Å². The highest BCUT2D eigenvalue weighted by Gasteiger charge is 2.33. The molecule has 28 heavy (non-hydrogen) atoms. The second kappa shape index (κ2) is 7.40. The zero-order valence-corrected chi connectivity index (χ0v) is 17.0. The van der Waals surface area contributed by atoms with E-state index in [2.05, 4.69) is 41.9 Å². The molecule has 1 aliphatic heterocycles. The van der Waals surface area contributed by atoms with E-state index >= 15 is 0 Å². The van der Waals surface area contributed by atoms with Gasteiger partial charge in [-0.2, -0.15) is 0 Å². The fourth-order valence-electron chi connectivity index (χ4n) is 4.92. The van der Waals surface area contributed by atoms with Crippen molar-refractivity contribution >= 4 is 11.0 Å². The lowest BCUT2D eigenvalue weighted by molar-refractivity contribution is 0.157. The molecular formula is C24H30N2O2. The topological polar surface area (TPSA) is 42.4 Å². The summed E-state index contributed by atoms with van der Waals surface area (Å²) >= 11 is 0. The minimum atomic E-state index is 0.594. The van der Waals surface area contributed by atoms with E-state index in [1.807, 2.05) is 0 Å². The lowest BCUT2D eigenvalue weighted by Gasteiger charge is -2.36. The van der Waals surface area contributed by atoms with Gasteiger partial charge in [0.1, 0.15) is 17.6 Å². The van der Waals surface area contributed by atoms with Gasteiger partial charge in [0, 0.05) is 28.5 Å². The van der Waals surface area contributed by atoms with Crippen LogP contribution in [0.2, 0.25) is 0 Å². The largest absolute Gasteiger partial charge is 0.460 e. The molecule has 1 unspecified atom stereocenters. The second-order valence-electron chi connectivity index (χ2n) is 8.62. The van der Waals surface area contributed by atoms with Gasteiger partial charge in [-0.15, -0.1) is 0 Å². The fraction of sp³-hybridized carbons (Fsp3) is 0.542. The molecule has 5 rings (SSSR count). The molecule has 2 aromatic heterocycles. The van der Waals surface area contributed by atoms with E-state index < -0.39 is 0 Å². The highest BCUT2D eigenvalue weighted by Crippen LogP contribution is 2.47. The molecule has 148 valence electrons. The summed E-state index contributed by atoms with van der Waals surface area (Å²) in [6.45, 7) is 7.03. The highest BCUT2D eigenvalue weighted by molar-refractivity contribution is 5.87. The molecule has 0 N–H and O–H groups in total. The molecule has 0 bridgehead atoms. The maximum absolute atomic E-state index is 6.46. The predicted molar refractivity (Wildman–Crippen MR) is 112 cm³/mol. The third-order valence-electron chi connectivity index (χ3n) is 7.06. The van der Waals surface area contributed by atoms with Crippen LogP contribution in [0.25, 0.3) is 22.4 Å². The summed E-state index contributed by atoms with van der Waals surface area (Å²) in [7, 11) is 0. The first kappa shape index (κ1) is 18.0. The lowest BCUT2D eigenvalue weighted by atomic mass is 9.78. The number of piperidine rings is 1. The molecule has 4 nitrogen and oxygen atoms in total. The van der Waals surface area contributed by atoms with E-state index in [1.54, 1.807) is 12.5 Å². The molecule has 0 radical (unpaired) electrons. The summed E-state index contributed by atoms with van der Waals surface area (Å²) in [5.74, 6) is 3.16. The quantitative estimate of drug-likeness (QED) is 0.520. The van der Waals surface area contributed by atoms with Crippen LogP contribution in [0.3, 0.4) is 0 Å². The van der Waals surface area contributed by atoms with E-state index in [4.69, 9.17) is 8.83 Å². The van der Waals surface area contributed by atoms with Crippen molar-refractivity contribution in [1.82, 2.24) is 9.88 Å². The van der Waals surface area contributed by atoms with Crippen molar-refractivity contribution in [3.05, 3.63) is 42.0 Å².